The van der Waals surface area contributed by atoms with Crippen LogP contribution in [-0.4, -0.2) is 5.91 Å². The number of hydrogen-bond acceptors (Lipinski definition) is 1. The van der Waals surface area contributed by atoms with Crippen LogP contribution < -0.4 is 5.32 Å². The third kappa shape index (κ3) is 4.09. The van der Waals surface area contributed by atoms with Gasteiger partial charge in [0.05, 0.1) is 11.8 Å². The number of carbonyl (C=O) groups excluding carboxylic acids is 1. The molecule has 104 valence electrons. The SMILES string of the molecule is CC(Cl)c1ccccc1NC(=O)Cc1ccc(Br)cc1. The number of alkyl halides is 1. The van der Waals surface area contributed by atoms with E-state index in [0.717, 1.165) is 21.3 Å². The number of benzene rings is 2. The van der Waals surface area contributed by atoms with Crippen molar-refractivity contribution in [3.05, 3.63) is 64.1 Å². The Morgan fingerprint density at radius 3 is 2.50 bits per heavy atom. The summed E-state index contributed by atoms with van der Waals surface area (Å²) in [5.41, 5.74) is 2.68. The molecule has 1 unspecified atom stereocenters. The van der Waals surface area contributed by atoms with Crippen molar-refractivity contribution in [2.45, 2.75) is 18.7 Å². The molecule has 0 radical (unpaired) electrons. The summed E-state index contributed by atoms with van der Waals surface area (Å²) in [5.74, 6) is -0.0444. The maximum atomic E-state index is 12.1. The molecule has 1 amide bonds. The van der Waals surface area contributed by atoms with Gasteiger partial charge in [0.2, 0.25) is 5.91 Å². The first-order valence-electron chi connectivity index (χ1n) is 6.33. The van der Waals surface area contributed by atoms with Gasteiger partial charge in [0.1, 0.15) is 0 Å². The standard InChI is InChI=1S/C16H15BrClNO/c1-11(18)14-4-2-3-5-15(14)19-16(20)10-12-6-8-13(17)9-7-12/h2-9,11H,10H2,1H3,(H,19,20). The molecule has 0 bridgehead atoms. The number of amides is 1. The lowest BCUT2D eigenvalue weighted by atomic mass is 10.1. The number of carbonyl (C=O) groups is 1. The van der Waals surface area contributed by atoms with Gasteiger partial charge >= 0.3 is 0 Å². The predicted octanol–water partition coefficient (Wildman–Crippen LogP) is 4.93. The van der Waals surface area contributed by atoms with Crippen molar-refractivity contribution in [3.8, 4) is 0 Å². The van der Waals surface area contributed by atoms with Gasteiger partial charge in [-0.1, -0.05) is 46.3 Å². The van der Waals surface area contributed by atoms with E-state index in [1.54, 1.807) is 0 Å². The fraction of sp³-hybridized carbons (Fsp3) is 0.188. The van der Waals surface area contributed by atoms with Crippen LogP contribution in [-0.2, 0) is 11.2 Å². The zero-order valence-electron chi connectivity index (χ0n) is 11.1. The van der Waals surface area contributed by atoms with Crippen LogP contribution in [0.5, 0.6) is 0 Å². The molecule has 0 aromatic heterocycles. The molecule has 0 spiro atoms. The van der Waals surface area contributed by atoms with Gasteiger partial charge in [-0.25, -0.2) is 0 Å². The minimum atomic E-state index is -0.140. The average Bonchev–Trinajstić information content (AvgIpc) is 2.41. The summed E-state index contributed by atoms with van der Waals surface area (Å²) in [6.45, 7) is 1.89. The molecule has 1 N–H and O–H groups in total. The van der Waals surface area contributed by atoms with E-state index in [4.69, 9.17) is 11.6 Å². The van der Waals surface area contributed by atoms with Crippen LogP contribution in [0.15, 0.2) is 53.0 Å². The minimum absolute atomic E-state index is 0.0444. The number of halogens is 2. The smallest absolute Gasteiger partial charge is 0.228 e. The van der Waals surface area contributed by atoms with E-state index in [1.807, 2.05) is 55.5 Å². The summed E-state index contributed by atoms with van der Waals surface area (Å²) in [6, 6.07) is 15.3. The highest BCUT2D eigenvalue weighted by molar-refractivity contribution is 9.10. The van der Waals surface area contributed by atoms with Crippen LogP contribution in [0, 0.1) is 0 Å². The molecule has 0 fully saturated rings. The number of hydrogen-bond donors (Lipinski definition) is 1. The Kier molecular flexibility index (Phi) is 5.21. The van der Waals surface area contributed by atoms with Crippen molar-refractivity contribution in [2.24, 2.45) is 0 Å². The van der Waals surface area contributed by atoms with Crippen molar-refractivity contribution in [1.29, 1.82) is 0 Å². The molecule has 0 saturated carbocycles. The minimum Gasteiger partial charge on any atom is -0.325 e. The van der Waals surface area contributed by atoms with E-state index in [0.29, 0.717) is 6.42 Å². The van der Waals surface area contributed by atoms with Crippen molar-refractivity contribution >= 4 is 39.1 Å². The normalized spacial score (nSPS) is 11.9. The maximum absolute atomic E-state index is 12.1. The van der Waals surface area contributed by atoms with Crippen LogP contribution >= 0.6 is 27.5 Å². The highest BCUT2D eigenvalue weighted by Crippen LogP contribution is 2.27. The fourth-order valence-electron chi connectivity index (χ4n) is 1.94. The Hall–Kier alpha value is -1.32. The van der Waals surface area contributed by atoms with Crippen molar-refractivity contribution in [1.82, 2.24) is 0 Å². The predicted molar refractivity (Wildman–Crippen MR) is 87.2 cm³/mol. The largest absolute Gasteiger partial charge is 0.325 e. The van der Waals surface area contributed by atoms with Gasteiger partial charge in [0.15, 0.2) is 0 Å². The van der Waals surface area contributed by atoms with Crippen LogP contribution in [0.1, 0.15) is 23.4 Å². The molecular weight excluding hydrogens is 338 g/mol. The van der Waals surface area contributed by atoms with Crippen molar-refractivity contribution < 1.29 is 4.79 Å². The van der Waals surface area contributed by atoms with Gasteiger partial charge in [-0.05, 0) is 36.2 Å². The third-order valence-electron chi connectivity index (χ3n) is 2.94. The van der Waals surface area contributed by atoms with Crippen LogP contribution in [0.4, 0.5) is 5.69 Å². The van der Waals surface area contributed by atoms with Crippen LogP contribution in [0.2, 0.25) is 0 Å². The van der Waals surface area contributed by atoms with Gasteiger partial charge in [0, 0.05) is 10.2 Å². The summed E-state index contributed by atoms with van der Waals surface area (Å²) in [6.07, 6.45) is 0.346. The van der Waals surface area contributed by atoms with Crippen LogP contribution in [0.3, 0.4) is 0 Å². The summed E-state index contributed by atoms with van der Waals surface area (Å²) in [7, 11) is 0. The van der Waals surface area contributed by atoms with Crippen molar-refractivity contribution in [2.75, 3.05) is 5.32 Å². The Morgan fingerprint density at radius 1 is 1.20 bits per heavy atom. The highest BCUT2D eigenvalue weighted by Gasteiger charge is 2.10. The molecule has 2 aromatic carbocycles. The lowest BCUT2D eigenvalue weighted by molar-refractivity contribution is -0.115. The summed E-state index contributed by atoms with van der Waals surface area (Å²) >= 11 is 9.49. The van der Waals surface area contributed by atoms with Gasteiger partial charge in [-0.2, -0.15) is 0 Å². The molecule has 0 aliphatic heterocycles. The Bertz CT molecular complexity index is 596. The molecule has 4 heteroatoms. The molecule has 0 saturated heterocycles. The number of anilines is 1. The average molecular weight is 353 g/mol. The second-order valence-electron chi connectivity index (χ2n) is 4.55. The van der Waals surface area contributed by atoms with E-state index < -0.39 is 0 Å². The van der Waals surface area contributed by atoms with E-state index in [1.165, 1.54) is 0 Å². The first-order chi connectivity index (χ1) is 9.56. The maximum Gasteiger partial charge on any atom is 0.228 e. The molecule has 0 aliphatic carbocycles. The lowest BCUT2D eigenvalue weighted by Crippen LogP contribution is -2.15. The highest BCUT2D eigenvalue weighted by atomic mass is 79.9. The zero-order valence-corrected chi connectivity index (χ0v) is 13.4. The fourth-order valence-corrected chi connectivity index (χ4v) is 2.39. The second-order valence-corrected chi connectivity index (χ2v) is 6.13. The molecule has 0 aliphatic rings. The Morgan fingerprint density at radius 2 is 1.85 bits per heavy atom. The van der Waals surface area contributed by atoms with Gasteiger partial charge in [-0.15, -0.1) is 11.6 Å². The Labute approximate surface area is 132 Å². The van der Waals surface area contributed by atoms with E-state index in [2.05, 4.69) is 21.2 Å². The first kappa shape index (κ1) is 15.1. The summed E-state index contributed by atoms with van der Waals surface area (Å²) in [5, 5.41) is 2.78. The summed E-state index contributed by atoms with van der Waals surface area (Å²) in [4.78, 5) is 12.1. The van der Waals surface area contributed by atoms with Crippen LogP contribution in [0.25, 0.3) is 0 Å². The van der Waals surface area contributed by atoms with E-state index >= 15 is 0 Å². The van der Waals surface area contributed by atoms with Gasteiger partial charge < -0.3 is 5.32 Å². The Balaban J connectivity index is 2.07. The molecule has 2 aromatic rings. The molecule has 2 rings (SSSR count). The number of rotatable bonds is 4. The quantitative estimate of drug-likeness (QED) is 0.777. The van der Waals surface area contributed by atoms with Crippen molar-refractivity contribution in [3.63, 3.8) is 0 Å². The monoisotopic (exact) mass is 351 g/mol. The summed E-state index contributed by atoms with van der Waals surface area (Å²) < 4.78 is 1.00. The number of nitrogens with one attached hydrogen (secondary N) is 1. The topological polar surface area (TPSA) is 29.1 Å². The van der Waals surface area contributed by atoms with Gasteiger partial charge in [0.25, 0.3) is 0 Å². The second kappa shape index (κ2) is 6.91. The molecule has 20 heavy (non-hydrogen) atoms. The molecule has 2 nitrogen and oxygen atoms in total. The molecule has 1 atom stereocenters. The third-order valence-corrected chi connectivity index (χ3v) is 3.71. The zero-order chi connectivity index (χ0) is 14.5. The van der Waals surface area contributed by atoms with E-state index in [9.17, 15) is 4.79 Å². The first-order valence-corrected chi connectivity index (χ1v) is 7.56. The number of para-hydroxylation sites is 1. The van der Waals surface area contributed by atoms with E-state index in [-0.39, 0.29) is 11.3 Å². The molecular formula is C16H15BrClNO. The molecule has 0 heterocycles. The lowest BCUT2D eigenvalue weighted by Gasteiger charge is -2.12. The van der Waals surface area contributed by atoms with Gasteiger partial charge in [-0.3, -0.25) is 4.79 Å².